The van der Waals surface area contributed by atoms with E-state index >= 15 is 0 Å². The van der Waals surface area contributed by atoms with Crippen LogP contribution in [0.25, 0.3) is 0 Å². The first-order valence-corrected chi connectivity index (χ1v) is 5.41. The highest BCUT2D eigenvalue weighted by Gasteiger charge is 2.33. The van der Waals surface area contributed by atoms with Gasteiger partial charge in [0.15, 0.2) is 0 Å². The average molecular weight is 253 g/mol. The molecule has 0 saturated carbocycles. The number of hydrogen-bond acceptors (Lipinski definition) is 2. The number of pyridine rings is 1. The highest BCUT2D eigenvalue weighted by Crippen LogP contribution is 2.33. The van der Waals surface area contributed by atoms with E-state index in [0.717, 1.165) is 18.9 Å². The summed E-state index contributed by atoms with van der Waals surface area (Å²) in [5.41, 5.74) is -0.735. The molecule has 1 rings (SSSR count). The third-order valence-corrected chi connectivity index (χ3v) is 2.23. The SMILES string of the molecule is FC(F)(F)c1cccnc1NCCCCCl. The van der Waals surface area contributed by atoms with E-state index in [-0.39, 0.29) is 5.82 Å². The van der Waals surface area contributed by atoms with Crippen LogP contribution in [-0.4, -0.2) is 17.4 Å². The largest absolute Gasteiger partial charge is 0.419 e. The summed E-state index contributed by atoms with van der Waals surface area (Å²) in [6.07, 6.45) is -1.55. The summed E-state index contributed by atoms with van der Waals surface area (Å²) in [6.45, 7) is 0.437. The minimum atomic E-state index is -4.37. The fourth-order valence-corrected chi connectivity index (χ4v) is 1.39. The normalized spacial score (nSPS) is 11.5. The number of alkyl halides is 4. The van der Waals surface area contributed by atoms with Crippen molar-refractivity contribution in [2.24, 2.45) is 0 Å². The van der Waals surface area contributed by atoms with Crippen LogP contribution >= 0.6 is 11.6 Å². The first kappa shape index (κ1) is 13.1. The van der Waals surface area contributed by atoms with Crippen molar-refractivity contribution in [2.75, 3.05) is 17.7 Å². The molecule has 0 bridgehead atoms. The van der Waals surface area contributed by atoms with Gasteiger partial charge in [0.1, 0.15) is 5.82 Å². The summed E-state index contributed by atoms with van der Waals surface area (Å²) in [6, 6.07) is 2.28. The molecule has 0 unspecified atom stereocenters. The summed E-state index contributed by atoms with van der Waals surface area (Å²) in [7, 11) is 0. The Kier molecular flexibility index (Phi) is 4.86. The van der Waals surface area contributed by atoms with Gasteiger partial charge in [0.05, 0.1) is 5.56 Å². The minimum Gasteiger partial charge on any atom is -0.370 e. The molecule has 0 saturated heterocycles. The van der Waals surface area contributed by atoms with Gasteiger partial charge in [-0.3, -0.25) is 0 Å². The zero-order valence-corrected chi connectivity index (χ0v) is 9.28. The molecule has 0 fully saturated rings. The van der Waals surface area contributed by atoms with Crippen LogP contribution in [0.15, 0.2) is 18.3 Å². The Morgan fingerprint density at radius 3 is 2.69 bits per heavy atom. The molecule has 1 N–H and O–H groups in total. The molecule has 16 heavy (non-hydrogen) atoms. The molecule has 90 valence electrons. The van der Waals surface area contributed by atoms with Crippen LogP contribution in [0.3, 0.4) is 0 Å². The first-order valence-electron chi connectivity index (χ1n) is 4.87. The smallest absolute Gasteiger partial charge is 0.370 e. The van der Waals surface area contributed by atoms with Crippen molar-refractivity contribution in [1.82, 2.24) is 4.98 Å². The van der Waals surface area contributed by atoms with Gasteiger partial charge in [-0.25, -0.2) is 4.98 Å². The molecule has 0 aliphatic heterocycles. The molecule has 1 heterocycles. The Bertz CT molecular complexity index is 328. The Morgan fingerprint density at radius 1 is 1.31 bits per heavy atom. The van der Waals surface area contributed by atoms with Gasteiger partial charge in [-0.05, 0) is 25.0 Å². The van der Waals surface area contributed by atoms with E-state index in [2.05, 4.69) is 10.3 Å². The molecule has 0 aliphatic carbocycles. The van der Waals surface area contributed by atoms with Gasteiger partial charge in [0, 0.05) is 18.6 Å². The molecule has 0 atom stereocenters. The Morgan fingerprint density at radius 2 is 2.06 bits per heavy atom. The van der Waals surface area contributed by atoms with Crippen LogP contribution in [0.1, 0.15) is 18.4 Å². The van der Waals surface area contributed by atoms with E-state index in [0.29, 0.717) is 12.4 Å². The van der Waals surface area contributed by atoms with E-state index in [4.69, 9.17) is 11.6 Å². The van der Waals surface area contributed by atoms with E-state index in [1.807, 2.05) is 0 Å². The molecule has 0 spiro atoms. The molecular weight excluding hydrogens is 241 g/mol. The van der Waals surface area contributed by atoms with Gasteiger partial charge < -0.3 is 5.32 Å². The van der Waals surface area contributed by atoms with Crippen LogP contribution in [0, 0.1) is 0 Å². The second-order valence-corrected chi connectivity index (χ2v) is 3.60. The molecule has 1 aromatic heterocycles. The third kappa shape index (κ3) is 3.89. The maximum atomic E-state index is 12.5. The lowest BCUT2D eigenvalue weighted by molar-refractivity contribution is -0.137. The van der Waals surface area contributed by atoms with E-state index in [1.54, 1.807) is 0 Å². The fraction of sp³-hybridized carbons (Fsp3) is 0.500. The lowest BCUT2D eigenvalue weighted by Crippen LogP contribution is -2.13. The zero-order valence-electron chi connectivity index (χ0n) is 8.52. The number of anilines is 1. The molecular formula is C10H12ClF3N2. The summed E-state index contributed by atoms with van der Waals surface area (Å²) < 4.78 is 37.6. The third-order valence-electron chi connectivity index (χ3n) is 1.97. The molecule has 0 aromatic carbocycles. The molecule has 0 aliphatic rings. The predicted octanol–water partition coefficient (Wildman–Crippen LogP) is 3.53. The van der Waals surface area contributed by atoms with Crippen molar-refractivity contribution in [1.29, 1.82) is 0 Å². The van der Waals surface area contributed by atoms with Crippen LogP contribution in [-0.2, 0) is 6.18 Å². The predicted molar refractivity (Wildman–Crippen MR) is 57.7 cm³/mol. The second-order valence-electron chi connectivity index (χ2n) is 3.22. The van der Waals surface area contributed by atoms with Crippen LogP contribution in [0.5, 0.6) is 0 Å². The van der Waals surface area contributed by atoms with Gasteiger partial charge >= 0.3 is 6.18 Å². The maximum absolute atomic E-state index is 12.5. The maximum Gasteiger partial charge on any atom is 0.419 e. The Labute approximate surface area is 96.8 Å². The monoisotopic (exact) mass is 252 g/mol. The number of nitrogens with zero attached hydrogens (tertiary/aromatic N) is 1. The number of hydrogen-bond donors (Lipinski definition) is 1. The number of aromatic nitrogens is 1. The van der Waals surface area contributed by atoms with Crippen LogP contribution in [0.2, 0.25) is 0 Å². The summed E-state index contributed by atoms with van der Waals surface area (Å²) in [4.78, 5) is 3.68. The van der Waals surface area contributed by atoms with Crippen molar-refractivity contribution in [3.8, 4) is 0 Å². The fourth-order valence-electron chi connectivity index (χ4n) is 1.20. The quantitative estimate of drug-likeness (QED) is 0.641. The number of halogens is 4. The summed E-state index contributed by atoms with van der Waals surface area (Å²) in [5.74, 6) is 0.389. The molecule has 2 nitrogen and oxygen atoms in total. The van der Waals surface area contributed by atoms with Crippen molar-refractivity contribution in [3.63, 3.8) is 0 Å². The van der Waals surface area contributed by atoms with Crippen molar-refractivity contribution >= 4 is 17.4 Å². The average Bonchev–Trinajstić information content (AvgIpc) is 2.24. The van der Waals surface area contributed by atoms with Gasteiger partial charge in [0.2, 0.25) is 0 Å². The lowest BCUT2D eigenvalue weighted by atomic mass is 10.2. The first-order chi connectivity index (χ1) is 7.55. The standard InChI is InChI=1S/C10H12ClF3N2/c11-5-1-2-6-15-9-8(10(12,13)14)4-3-7-16-9/h3-4,7H,1-2,5-6H2,(H,15,16). The second kappa shape index (κ2) is 5.94. The van der Waals surface area contributed by atoms with Gasteiger partial charge in [-0.15, -0.1) is 11.6 Å². The number of unbranched alkanes of at least 4 members (excludes halogenated alkanes) is 1. The van der Waals surface area contributed by atoms with Gasteiger partial charge in [-0.1, -0.05) is 0 Å². The van der Waals surface area contributed by atoms with E-state index in [1.165, 1.54) is 12.3 Å². The van der Waals surface area contributed by atoms with Crippen LogP contribution < -0.4 is 5.32 Å². The Hall–Kier alpha value is -0.970. The summed E-state index contributed by atoms with van der Waals surface area (Å²) >= 11 is 5.46. The van der Waals surface area contributed by atoms with Crippen LogP contribution in [0.4, 0.5) is 19.0 Å². The number of nitrogens with one attached hydrogen (secondary N) is 1. The van der Waals surface area contributed by atoms with E-state index in [9.17, 15) is 13.2 Å². The van der Waals surface area contributed by atoms with E-state index < -0.39 is 11.7 Å². The molecule has 6 heteroatoms. The van der Waals surface area contributed by atoms with Gasteiger partial charge in [0.25, 0.3) is 0 Å². The number of rotatable bonds is 5. The molecule has 0 amide bonds. The lowest BCUT2D eigenvalue weighted by Gasteiger charge is -2.12. The molecule has 0 radical (unpaired) electrons. The molecule has 1 aromatic rings. The highest BCUT2D eigenvalue weighted by atomic mass is 35.5. The Balaban J connectivity index is 2.65. The minimum absolute atomic E-state index is 0.121. The van der Waals surface area contributed by atoms with Crippen molar-refractivity contribution in [3.05, 3.63) is 23.9 Å². The summed E-state index contributed by atoms with van der Waals surface area (Å²) in [5, 5.41) is 2.66. The van der Waals surface area contributed by atoms with Gasteiger partial charge in [-0.2, -0.15) is 13.2 Å². The zero-order chi connectivity index (χ0) is 12.0. The van der Waals surface area contributed by atoms with Crippen molar-refractivity contribution in [2.45, 2.75) is 19.0 Å². The topological polar surface area (TPSA) is 24.9 Å². The van der Waals surface area contributed by atoms with Crippen molar-refractivity contribution < 1.29 is 13.2 Å². The highest BCUT2D eigenvalue weighted by molar-refractivity contribution is 6.17.